The standard InChI is InChI=1S/C31H58/c1-4-7-10-13-16-17-18-21-25-30-26-24-29-31(30,27-22-19-14-11-8-5-2)28-23-20-15-12-9-6-3/h24,26,29H,4-23,25,27-28H2,1-3H3. The van der Waals surface area contributed by atoms with Crippen molar-refractivity contribution in [2.75, 3.05) is 0 Å². The number of unbranched alkanes of at least 4 members (excludes halogenated alkanes) is 17. The molecule has 0 saturated heterocycles. The van der Waals surface area contributed by atoms with Crippen molar-refractivity contribution in [3.63, 3.8) is 0 Å². The molecule has 0 nitrogen and oxygen atoms in total. The molecule has 0 aromatic heterocycles. The second kappa shape index (κ2) is 20.1. The van der Waals surface area contributed by atoms with E-state index in [-0.39, 0.29) is 0 Å². The van der Waals surface area contributed by atoms with E-state index >= 15 is 0 Å². The summed E-state index contributed by atoms with van der Waals surface area (Å²) < 4.78 is 0. The van der Waals surface area contributed by atoms with Crippen LogP contribution in [-0.4, -0.2) is 0 Å². The summed E-state index contributed by atoms with van der Waals surface area (Å²) in [6.07, 6.45) is 40.2. The Morgan fingerprint density at radius 3 is 1.32 bits per heavy atom. The average molecular weight is 431 g/mol. The minimum Gasteiger partial charge on any atom is -0.0743 e. The van der Waals surface area contributed by atoms with Gasteiger partial charge in [0.25, 0.3) is 0 Å². The molecular formula is C31H58. The molecule has 0 atom stereocenters. The zero-order valence-electron chi connectivity index (χ0n) is 22.0. The quantitative estimate of drug-likeness (QED) is 0.141. The van der Waals surface area contributed by atoms with E-state index in [1.54, 1.807) is 5.57 Å². The van der Waals surface area contributed by atoms with Gasteiger partial charge in [-0.05, 0) is 25.7 Å². The second-order valence-corrected chi connectivity index (χ2v) is 10.5. The molecular weight excluding hydrogens is 372 g/mol. The van der Waals surface area contributed by atoms with Gasteiger partial charge in [0, 0.05) is 5.41 Å². The summed E-state index contributed by atoms with van der Waals surface area (Å²) in [5.74, 6) is 0. The van der Waals surface area contributed by atoms with E-state index in [0.29, 0.717) is 5.41 Å². The first-order chi connectivity index (χ1) is 15.3. The minimum absolute atomic E-state index is 0.427. The highest BCUT2D eigenvalue weighted by atomic mass is 14.4. The number of allylic oxidation sites excluding steroid dienone is 4. The highest BCUT2D eigenvalue weighted by Gasteiger charge is 2.32. The van der Waals surface area contributed by atoms with E-state index in [1.165, 1.54) is 148 Å². The maximum Gasteiger partial charge on any atom is 0.00969 e. The molecule has 0 spiro atoms. The van der Waals surface area contributed by atoms with E-state index in [1.807, 2.05) is 0 Å². The summed E-state index contributed by atoms with van der Waals surface area (Å²) in [7, 11) is 0. The van der Waals surface area contributed by atoms with Crippen LogP contribution >= 0.6 is 0 Å². The fourth-order valence-corrected chi connectivity index (χ4v) is 5.46. The molecule has 0 heteroatoms. The zero-order chi connectivity index (χ0) is 22.5. The van der Waals surface area contributed by atoms with Crippen LogP contribution in [0, 0.1) is 5.41 Å². The van der Waals surface area contributed by atoms with Crippen molar-refractivity contribution in [2.24, 2.45) is 5.41 Å². The van der Waals surface area contributed by atoms with Crippen molar-refractivity contribution in [1.82, 2.24) is 0 Å². The molecule has 182 valence electrons. The first-order valence-corrected chi connectivity index (χ1v) is 14.7. The van der Waals surface area contributed by atoms with Crippen LogP contribution in [0.15, 0.2) is 23.8 Å². The van der Waals surface area contributed by atoms with Crippen LogP contribution in [0.5, 0.6) is 0 Å². The van der Waals surface area contributed by atoms with Crippen molar-refractivity contribution in [3.8, 4) is 0 Å². The van der Waals surface area contributed by atoms with Gasteiger partial charge in [0.2, 0.25) is 0 Å². The average Bonchev–Trinajstić information content (AvgIpc) is 3.17. The summed E-state index contributed by atoms with van der Waals surface area (Å²) in [4.78, 5) is 0. The molecule has 0 heterocycles. The van der Waals surface area contributed by atoms with Gasteiger partial charge in [0.05, 0.1) is 0 Å². The molecule has 1 aliphatic carbocycles. The van der Waals surface area contributed by atoms with Crippen LogP contribution in [-0.2, 0) is 0 Å². The lowest BCUT2D eigenvalue weighted by molar-refractivity contribution is 0.344. The van der Waals surface area contributed by atoms with Crippen LogP contribution in [0.4, 0.5) is 0 Å². The first kappa shape index (κ1) is 28.5. The van der Waals surface area contributed by atoms with Crippen LogP contribution in [0.25, 0.3) is 0 Å². The highest BCUT2D eigenvalue weighted by molar-refractivity contribution is 5.34. The smallest absolute Gasteiger partial charge is 0.00969 e. The Morgan fingerprint density at radius 1 is 0.484 bits per heavy atom. The van der Waals surface area contributed by atoms with Crippen molar-refractivity contribution in [2.45, 2.75) is 168 Å². The van der Waals surface area contributed by atoms with Gasteiger partial charge in [-0.3, -0.25) is 0 Å². The predicted octanol–water partition coefficient (Wildman–Crippen LogP) is 11.5. The van der Waals surface area contributed by atoms with E-state index < -0.39 is 0 Å². The fraction of sp³-hybridized carbons (Fsp3) is 0.871. The van der Waals surface area contributed by atoms with Crippen molar-refractivity contribution < 1.29 is 0 Å². The fourth-order valence-electron chi connectivity index (χ4n) is 5.46. The zero-order valence-corrected chi connectivity index (χ0v) is 22.0. The van der Waals surface area contributed by atoms with Crippen LogP contribution in [0.1, 0.15) is 168 Å². The van der Waals surface area contributed by atoms with Crippen LogP contribution < -0.4 is 0 Å². The van der Waals surface area contributed by atoms with Gasteiger partial charge in [-0.2, -0.15) is 0 Å². The Kier molecular flexibility index (Phi) is 18.5. The maximum absolute atomic E-state index is 2.62. The van der Waals surface area contributed by atoms with Gasteiger partial charge < -0.3 is 0 Å². The monoisotopic (exact) mass is 430 g/mol. The normalized spacial score (nSPS) is 15.0. The molecule has 0 saturated carbocycles. The molecule has 0 aliphatic heterocycles. The van der Waals surface area contributed by atoms with E-state index in [9.17, 15) is 0 Å². The van der Waals surface area contributed by atoms with Gasteiger partial charge in [-0.15, -0.1) is 0 Å². The van der Waals surface area contributed by atoms with Gasteiger partial charge >= 0.3 is 0 Å². The van der Waals surface area contributed by atoms with Crippen LogP contribution in [0.2, 0.25) is 0 Å². The van der Waals surface area contributed by atoms with Crippen LogP contribution in [0.3, 0.4) is 0 Å². The molecule has 0 amide bonds. The lowest BCUT2D eigenvalue weighted by atomic mass is 9.72. The lowest BCUT2D eigenvalue weighted by Crippen LogP contribution is -2.19. The van der Waals surface area contributed by atoms with Gasteiger partial charge in [0.1, 0.15) is 0 Å². The van der Waals surface area contributed by atoms with E-state index in [2.05, 4.69) is 39.0 Å². The van der Waals surface area contributed by atoms with Crippen molar-refractivity contribution >= 4 is 0 Å². The topological polar surface area (TPSA) is 0 Å². The van der Waals surface area contributed by atoms with Crippen molar-refractivity contribution in [1.29, 1.82) is 0 Å². The molecule has 0 radical (unpaired) electrons. The largest absolute Gasteiger partial charge is 0.0743 e. The van der Waals surface area contributed by atoms with Crippen molar-refractivity contribution in [3.05, 3.63) is 23.8 Å². The van der Waals surface area contributed by atoms with Gasteiger partial charge in [0.15, 0.2) is 0 Å². The lowest BCUT2D eigenvalue weighted by Gasteiger charge is -2.32. The minimum atomic E-state index is 0.427. The third kappa shape index (κ3) is 13.6. The molecule has 31 heavy (non-hydrogen) atoms. The summed E-state index contributed by atoms with van der Waals surface area (Å²) in [6, 6.07) is 0. The SMILES string of the molecule is CCCCCCCCCCC1=CC=CC1(CCCCCCCC)CCCCCCCC. The summed E-state index contributed by atoms with van der Waals surface area (Å²) in [5.41, 5.74) is 2.22. The number of hydrogen-bond acceptors (Lipinski definition) is 0. The summed E-state index contributed by atoms with van der Waals surface area (Å²) in [5, 5.41) is 0. The third-order valence-electron chi connectivity index (χ3n) is 7.60. The Balaban J connectivity index is 2.40. The predicted molar refractivity (Wildman–Crippen MR) is 143 cm³/mol. The molecule has 0 aromatic carbocycles. The molecule has 0 fully saturated rings. The van der Waals surface area contributed by atoms with Gasteiger partial charge in [-0.25, -0.2) is 0 Å². The maximum atomic E-state index is 2.62. The Hall–Kier alpha value is -0.520. The van der Waals surface area contributed by atoms with E-state index in [4.69, 9.17) is 0 Å². The molecule has 0 unspecified atom stereocenters. The number of rotatable bonds is 23. The highest BCUT2D eigenvalue weighted by Crippen LogP contribution is 2.45. The molecule has 0 bridgehead atoms. The Labute approximate surface area is 197 Å². The molecule has 0 aromatic rings. The number of hydrogen-bond donors (Lipinski definition) is 0. The summed E-state index contributed by atoms with van der Waals surface area (Å²) >= 11 is 0. The first-order valence-electron chi connectivity index (χ1n) is 14.7. The molecule has 1 aliphatic rings. The molecule has 0 N–H and O–H groups in total. The molecule has 1 rings (SSSR count). The van der Waals surface area contributed by atoms with Gasteiger partial charge in [-0.1, -0.05) is 167 Å². The summed E-state index contributed by atoms with van der Waals surface area (Å²) in [6.45, 7) is 6.95. The Bertz CT molecular complexity index is 425. The Morgan fingerprint density at radius 2 is 0.871 bits per heavy atom. The van der Waals surface area contributed by atoms with E-state index in [0.717, 1.165) is 0 Å². The third-order valence-corrected chi connectivity index (χ3v) is 7.60. The second-order valence-electron chi connectivity index (χ2n) is 10.5.